The second-order valence-electron chi connectivity index (χ2n) is 5.51. The van der Waals surface area contributed by atoms with Gasteiger partial charge in [-0.25, -0.2) is 0 Å². The van der Waals surface area contributed by atoms with E-state index in [4.69, 9.17) is 5.73 Å². The van der Waals surface area contributed by atoms with E-state index in [1.807, 2.05) is 11.8 Å². The Bertz CT molecular complexity index is 226. The summed E-state index contributed by atoms with van der Waals surface area (Å²) in [6, 6.07) is 0. The van der Waals surface area contributed by atoms with Gasteiger partial charge in [-0.15, -0.1) is 0 Å². The van der Waals surface area contributed by atoms with E-state index in [9.17, 15) is 4.79 Å². The van der Waals surface area contributed by atoms with Crippen LogP contribution in [0.4, 0.5) is 0 Å². The number of carbonyl (C=O) groups is 1. The zero-order valence-electron chi connectivity index (χ0n) is 10.3. The average molecular weight is 212 g/mol. The van der Waals surface area contributed by atoms with Crippen LogP contribution in [0.3, 0.4) is 0 Å². The maximum absolute atomic E-state index is 12.0. The second-order valence-corrected chi connectivity index (χ2v) is 5.51. The molecule has 0 aliphatic carbocycles. The molecule has 1 rings (SSSR count). The van der Waals surface area contributed by atoms with E-state index in [-0.39, 0.29) is 17.2 Å². The average Bonchev–Trinajstić information content (AvgIpc) is 2.15. The molecule has 0 aromatic carbocycles. The Kier molecular flexibility index (Phi) is 4.14. The molecule has 15 heavy (non-hydrogen) atoms. The lowest BCUT2D eigenvalue weighted by molar-refractivity contribution is -0.138. The number of hydrogen-bond donors (Lipinski definition) is 1. The van der Waals surface area contributed by atoms with Crippen LogP contribution < -0.4 is 5.73 Å². The van der Waals surface area contributed by atoms with E-state index >= 15 is 0 Å². The maximum atomic E-state index is 12.0. The molecule has 0 saturated carbocycles. The number of piperidine rings is 1. The number of likely N-dealkylation sites (tertiary alicyclic amines) is 1. The molecule has 1 saturated heterocycles. The van der Waals surface area contributed by atoms with Crippen LogP contribution in [0.5, 0.6) is 0 Å². The minimum absolute atomic E-state index is 0.0869. The Labute approximate surface area is 93.0 Å². The third-order valence-electron chi connectivity index (χ3n) is 3.23. The molecule has 0 spiro atoms. The van der Waals surface area contributed by atoms with Crippen LogP contribution in [0.25, 0.3) is 0 Å². The summed E-state index contributed by atoms with van der Waals surface area (Å²) >= 11 is 0. The minimum atomic E-state index is 0.0869. The van der Waals surface area contributed by atoms with E-state index in [0.717, 1.165) is 25.9 Å². The Morgan fingerprint density at radius 2 is 2.20 bits per heavy atom. The van der Waals surface area contributed by atoms with Gasteiger partial charge in [0.25, 0.3) is 0 Å². The molecule has 1 aliphatic rings. The minimum Gasteiger partial charge on any atom is -0.342 e. The first-order valence-corrected chi connectivity index (χ1v) is 5.95. The molecular formula is C12H24N2O. The topological polar surface area (TPSA) is 46.3 Å². The Hall–Kier alpha value is -0.570. The number of rotatable bonds is 3. The predicted molar refractivity (Wildman–Crippen MR) is 62.4 cm³/mol. The highest BCUT2D eigenvalue weighted by atomic mass is 16.2. The van der Waals surface area contributed by atoms with Crippen LogP contribution in [-0.4, -0.2) is 30.4 Å². The highest BCUT2D eigenvalue weighted by molar-refractivity contribution is 5.78. The van der Waals surface area contributed by atoms with Crippen molar-refractivity contribution < 1.29 is 4.79 Å². The van der Waals surface area contributed by atoms with Crippen molar-refractivity contribution in [2.24, 2.45) is 17.1 Å². The van der Waals surface area contributed by atoms with Gasteiger partial charge in [0.05, 0.1) is 0 Å². The number of carbonyl (C=O) groups excluding carboxylic acids is 1. The van der Waals surface area contributed by atoms with E-state index in [0.29, 0.717) is 6.54 Å². The van der Waals surface area contributed by atoms with Crippen LogP contribution in [-0.2, 0) is 4.79 Å². The highest BCUT2D eigenvalue weighted by Gasteiger charge is 2.30. The molecule has 88 valence electrons. The zero-order chi connectivity index (χ0) is 11.5. The van der Waals surface area contributed by atoms with E-state index < -0.39 is 0 Å². The van der Waals surface area contributed by atoms with Crippen LogP contribution in [0.15, 0.2) is 0 Å². The molecule has 0 aromatic heterocycles. The fraction of sp³-hybridized carbons (Fsp3) is 0.917. The van der Waals surface area contributed by atoms with Gasteiger partial charge in [-0.05, 0) is 31.2 Å². The molecule has 0 radical (unpaired) electrons. The van der Waals surface area contributed by atoms with Gasteiger partial charge in [0.2, 0.25) is 5.91 Å². The van der Waals surface area contributed by atoms with Gasteiger partial charge in [-0.3, -0.25) is 4.79 Å². The lowest BCUT2D eigenvalue weighted by Gasteiger charge is -2.39. The largest absolute Gasteiger partial charge is 0.342 e. The summed E-state index contributed by atoms with van der Waals surface area (Å²) in [5.74, 6) is 0.372. The molecule has 3 nitrogen and oxygen atoms in total. The van der Waals surface area contributed by atoms with Crippen molar-refractivity contribution in [3.05, 3.63) is 0 Å². The molecular weight excluding hydrogens is 188 g/mol. The Balaban J connectivity index is 2.52. The van der Waals surface area contributed by atoms with E-state index in [1.165, 1.54) is 6.42 Å². The predicted octanol–water partition coefficient (Wildman–Crippen LogP) is 1.62. The zero-order valence-corrected chi connectivity index (χ0v) is 10.3. The van der Waals surface area contributed by atoms with Crippen LogP contribution >= 0.6 is 0 Å². The first-order valence-electron chi connectivity index (χ1n) is 5.95. The molecule has 1 amide bonds. The molecule has 2 N–H and O–H groups in total. The monoisotopic (exact) mass is 212 g/mol. The van der Waals surface area contributed by atoms with Gasteiger partial charge in [-0.1, -0.05) is 20.8 Å². The molecule has 1 atom stereocenters. The maximum Gasteiger partial charge on any atom is 0.225 e. The van der Waals surface area contributed by atoms with Crippen LogP contribution in [0.1, 0.15) is 40.0 Å². The van der Waals surface area contributed by atoms with Crippen LogP contribution in [0.2, 0.25) is 0 Å². The molecule has 1 unspecified atom stereocenters. The first kappa shape index (κ1) is 12.5. The number of hydrogen-bond acceptors (Lipinski definition) is 2. The normalized spacial score (nSPS) is 22.5. The van der Waals surface area contributed by atoms with Crippen molar-refractivity contribution in [3.8, 4) is 0 Å². The Morgan fingerprint density at radius 1 is 1.53 bits per heavy atom. The van der Waals surface area contributed by atoms with Crippen molar-refractivity contribution in [2.45, 2.75) is 40.0 Å². The second kappa shape index (κ2) is 4.97. The quantitative estimate of drug-likeness (QED) is 0.772. The molecule has 1 heterocycles. The summed E-state index contributed by atoms with van der Waals surface area (Å²) in [4.78, 5) is 14.1. The van der Waals surface area contributed by atoms with Gasteiger partial charge >= 0.3 is 0 Å². The number of nitrogens with zero attached hydrogens (tertiary/aromatic N) is 1. The van der Waals surface area contributed by atoms with Crippen molar-refractivity contribution in [2.75, 3.05) is 19.6 Å². The van der Waals surface area contributed by atoms with Crippen molar-refractivity contribution in [3.63, 3.8) is 0 Å². The summed E-state index contributed by atoms with van der Waals surface area (Å²) in [6.45, 7) is 8.89. The standard InChI is InChI=1S/C12H24N2O/c1-10(5-7-13)11(15)14-8-4-6-12(2,3)9-14/h10H,4-9,13H2,1-3H3. The lowest BCUT2D eigenvalue weighted by Crippen LogP contribution is -2.45. The van der Waals surface area contributed by atoms with Gasteiger partial charge in [-0.2, -0.15) is 0 Å². The third kappa shape index (κ3) is 3.49. The summed E-state index contributed by atoms with van der Waals surface area (Å²) in [5, 5.41) is 0. The van der Waals surface area contributed by atoms with Crippen molar-refractivity contribution in [1.29, 1.82) is 0 Å². The molecule has 1 fully saturated rings. The van der Waals surface area contributed by atoms with E-state index in [1.54, 1.807) is 0 Å². The summed E-state index contributed by atoms with van der Waals surface area (Å²) in [6.07, 6.45) is 3.16. The fourth-order valence-corrected chi connectivity index (χ4v) is 2.30. The summed E-state index contributed by atoms with van der Waals surface area (Å²) in [7, 11) is 0. The SMILES string of the molecule is CC(CCN)C(=O)N1CCCC(C)(C)C1. The van der Waals surface area contributed by atoms with Crippen LogP contribution in [0, 0.1) is 11.3 Å². The smallest absolute Gasteiger partial charge is 0.225 e. The highest BCUT2D eigenvalue weighted by Crippen LogP contribution is 2.29. The van der Waals surface area contributed by atoms with Gasteiger partial charge in [0.1, 0.15) is 0 Å². The van der Waals surface area contributed by atoms with E-state index in [2.05, 4.69) is 13.8 Å². The fourth-order valence-electron chi connectivity index (χ4n) is 2.30. The first-order chi connectivity index (χ1) is 6.96. The van der Waals surface area contributed by atoms with Crippen molar-refractivity contribution in [1.82, 2.24) is 4.90 Å². The molecule has 3 heteroatoms. The van der Waals surface area contributed by atoms with Gasteiger partial charge < -0.3 is 10.6 Å². The van der Waals surface area contributed by atoms with Gasteiger partial charge in [0, 0.05) is 19.0 Å². The Morgan fingerprint density at radius 3 is 2.73 bits per heavy atom. The molecule has 1 aliphatic heterocycles. The molecule has 0 aromatic rings. The number of nitrogens with two attached hydrogens (primary N) is 1. The molecule has 0 bridgehead atoms. The van der Waals surface area contributed by atoms with Crippen molar-refractivity contribution >= 4 is 5.91 Å². The van der Waals surface area contributed by atoms with Gasteiger partial charge in [0.15, 0.2) is 0 Å². The summed E-state index contributed by atoms with van der Waals surface area (Å²) in [5.41, 5.74) is 5.77. The number of amides is 1. The third-order valence-corrected chi connectivity index (χ3v) is 3.23. The summed E-state index contributed by atoms with van der Waals surface area (Å²) < 4.78 is 0. The lowest BCUT2D eigenvalue weighted by atomic mass is 9.83.